The van der Waals surface area contributed by atoms with Crippen molar-refractivity contribution in [3.63, 3.8) is 0 Å². The molecule has 8 nitrogen and oxygen atoms in total. The number of amides is 2. The molecule has 4 aromatic rings. The van der Waals surface area contributed by atoms with Crippen LogP contribution >= 0.6 is 15.9 Å². The molecule has 0 aliphatic heterocycles. The number of unbranched alkanes of at least 4 members (excludes halogenated alkanes) is 1. The Morgan fingerprint density at radius 3 is 2.26 bits per heavy atom. The summed E-state index contributed by atoms with van der Waals surface area (Å²) < 4.78 is 35.5. The van der Waals surface area contributed by atoms with Crippen molar-refractivity contribution in [1.82, 2.24) is 10.2 Å². The Kier molecular flexibility index (Phi) is 12.4. The number of hydrogen-bond acceptors (Lipinski definition) is 5. The molecule has 0 heterocycles. The molecule has 0 saturated heterocycles. The first-order chi connectivity index (χ1) is 22.1. The van der Waals surface area contributed by atoms with Crippen molar-refractivity contribution >= 4 is 43.5 Å². The highest BCUT2D eigenvalue weighted by molar-refractivity contribution is 9.10. The van der Waals surface area contributed by atoms with E-state index >= 15 is 0 Å². The smallest absolute Gasteiger partial charge is 0.264 e. The second-order valence-corrected chi connectivity index (χ2v) is 13.8. The second kappa shape index (κ2) is 16.4. The highest BCUT2D eigenvalue weighted by atomic mass is 79.9. The third kappa shape index (κ3) is 9.20. The predicted octanol–water partition coefficient (Wildman–Crippen LogP) is 6.52. The van der Waals surface area contributed by atoms with Gasteiger partial charge >= 0.3 is 0 Å². The van der Waals surface area contributed by atoms with Crippen molar-refractivity contribution in [3.05, 3.63) is 124 Å². The predicted molar refractivity (Wildman–Crippen MR) is 185 cm³/mol. The first-order valence-electron chi connectivity index (χ1n) is 15.2. The topological polar surface area (TPSA) is 96.0 Å². The van der Waals surface area contributed by atoms with Gasteiger partial charge in [0.05, 0.1) is 17.7 Å². The molecular formula is C36H40BrN3O5S. The van der Waals surface area contributed by atoms with Gasteiger partial charge in [0.25, 0.3) is 10.0 Å². The number of benzene rings is 4. The number of rotatable bonds is 15. The number of sulfonamides is 1. The number of carbonyl (C=O) groups is 2. The van der Waals surface area contributed by atoms with Gasteiger partial charge in [0.15, 0.2) is 0 Å². The lowest BCUT2D eigenvalue weighted by molar-refractivity contribution is -0.140. The lowest BCUT2D eigenvalue weighted by Gasteiger charge is -2.34. The fraction of sp³-hybridized carbons (Fsp3) is 0.278. The van der Waals surface area contributed by atoms with Crippen molar-refractivity contribution < 1.29 is 22.7 Å². The van der Waals surface area contributed by atoms with Crippen LogP contribution in [0.25, 0.3) is 0 Å². The van der Waals surface area contributed by atoms with Crippen molar-refractivity contribution in [2.75, 3.05) is 24.5 Å². The van der Waals surface area contributed by atoms with E-state index in [1.807, 2.05) is 62.4 Å². The van der Waals surface area contributed by atoms with Crippen LogP contribution in [0, 0.1) is 6.92 Å². The molecule has 46 heavy (non-hydrogen) atoms. The fourth-order valence-electron chi connectivity index (χ4n) is 5.03. The van der Waals surface area contributed by atoms with Crippen LogP contribution < -0.4 is 14.4 Å². The Labute approximate surface area is 280 Å². The number of anilines is 1. The maximum Gasteiger partial charge on any atom is 0.264 e. The Morgan fingerprint density at radius 2 is 1.59 bits per heavy atom. The zero-order chi connectivity index (χ0) is 33.1. The molecule has 1 atom stereocenters. The minimum atomic E-state index is -4.18. The van der Waals surface area contributed by atoms with Crippen LogP contribution in [-0.4, -0.2) is 51.4 Å². The average Bonchev–Trinajstić information content (AvgIpc) is 3.05. The summed E-state index contributed by atoms with van der Waals surface area (Å²) in [6.45, 7) is 3.92. The summed E-state index contributed by atoms with van der Waals surface area (Å²) in [5, 5.41) is 3.01. The largest absolute Gasteiger partial charge is 0.497 e. The summed E-state index contributed by atoms with van der Waals surface area (Å²) in [4.78, 5) is 30.0. The normalized spacial score (nSPS) is 11.8. The van der Waals surface area contributed by atoms with Crippen LogP contribution in [0.2, 0.25) is 0 Å². The van der Waals surface area contributed by atoms with Gasteiger partial charge in [0.2, 0.25) is 11.8 Å². The molecular weight excluding hydrogens is 666 g/mol. The number of nitrogens with zero attached hydrogens (tertiary/aromatic N) is 2. The number of aryl methyl sites for hydroxylation is 1. The fourth-order valence-corrected chi connectivity index (χ4v) is 6.82. The number of carbonyl (C=O) groups excluding carboxylic acids is 2. The molecule has 2 amide bonds. The summed E-state index contributed by atoms with van der Waals surface area (Å²) in [5.41, 5.74) is 2.84. The standard InChI is InChI=1S/C36H40BrN3O5S/c1-4-5-21-38-36(42)34(23-28-11-7-6-8-12-28)39(25-29-13-9-16-32(22-29)45-3)35(41)26-40(31-15-10-14-30(37)24-31)46(43,44)33-19-17-27(2)18-20-33/h6-20,22,24,34H,4-5,21,23,25-26H2,1-3H3,(H,38,42). The van der Waals surface area contributed by atoms with Crippen LogP contribution in [0.1, 0.15) is 36.5 Å². The van der Waals surface area contributed by atoms with Crippen LogP contribution in [-0.2, 0) is 32.6 Å². The quantitative estimate of drug-likeness (QED) is 0.142. The minimum absolute atomic E-state index is 0.0587. The van der Waals surface area contributed by atoms with Crippen LogP contribution in [0.3, 0.4) is 0 Å². The SMILES string of the molecule is CCCCNC(=O)C(Cc1ccccc1)N(Cc1cccc(OC)c1)C(=O)CN(c1cccc(Br)c1)S(=O)(=O)c1ccc(C)cc1. The number of methoxy groups -OCH3 is 1. The summed E-state index contributed by atoms with van der Waals surface area (Å²) in [7, 11) is -2.61. The molecule has 4 aromatic carbocycles. The summed E-state index contributed by atoms with van der Waals surface area (Å²) in [5.74, 6) is -0.219. The number of ether oxygens (including phenoxy) is 1. The molecule has 0 radical (unpaired) electrons. The average molecular weight is 707 g/mol. The summed E-state index contributed by atoms with van der Waals surface area (Å²) >= 11 is 3.44. The van der Waals surface area contributed by atoms with Crippen LogP contribution in [0.15, 0.2) is 112 Å². The van der Waals surface area contributed by atoms with Crippen LogP contribution in [0.5, 0.6) is 5.75 Å². The molecule has 0 spiro atoms. The Morgan fingerprint density at radius 1 is 0.891 bits per heavy atom. The Balaban J connectivity index is 1.80. The van der Waals surface area contributed by atoms with Gasteiger partial charge in [-0.2, -0.15) is 0 Å². The zero-order valence-corrected chi connectivity index (χ0v) is 28.8. The van der Waals surface area contributed by atoms with Gasteiger partial charge in [-0.05, 0) is 66.9 Å². The van der Waals surface area contributed by atoms with Gasteiger partial charge < -0.3 is 15.0 Å². The highest BCUT2D eigenvalue weighted by Crippen LogP contribution is 2.28. The number of hydrogen-bond donors (Lipinski definition) is 1. The van der Waals surface area contributed by atoms with E-state index in [2.05, 4.69) is 21.2 Å². The van der Waals surface area contributed by atoms with Crippen molar-refractivity contribution in [1.29, 1.82) is 0 Å². The third-order valence-electron chi connectivity index (χ3n) is 7.57. The molecule has 10 heteroatoms. The van der Waals surface area contributed by atoms with Gasteiger partial charge in [0, 0.05) is 24.0 Å². The van der Waals surface area contributed by atoms with Crippen molar-refractivity contribution in [3.8, 4) is 5.75 Å². The second-order valence-electron chi connectivity index (χ2n) is 11.0. The van der Waals surface area contributed by atoms with E-state index in [-0.39, 0.29) is 23.8 Å². The van der Waals surface area contributed by atoms with E-state index in [9.17, 15) is 18.0 Å². The van der Waals surface area contributed by atoms with E-state index in [4.69, 9.17) is 4.74 Å². The van der Waals surface area contributed by atoms with Gasteiger partial charge in [-0.25, -0.2) is 8.42 Å². The molecule has 242 valence electrons. The molecule has 0 bridgehead atoms. The van der Waals surface area contributed by atoms with Gasteiger partial charge in [-0.1, -0.05) is 95.5 Å². The highest BCUT2D eigenvalue weighted by Gasteiger charge is 2.34. The van der Waals surface area contributed by atoms with E-state index in [1.165, 1.54) is 17.0 Å². The van der Waals surface area contributed by atoms with E-state index in [0.717, 1.165) is 33.8 Å². The molecule has 1 N–H and O–H groups in total. The molecule has 0 aliphatic rings. The minimum Gasteiger partial charge on any atom is -0.497 e. The third-order valence-corrected chi connectivity index (χ3v) is 9.85. The van der Waals surface area contributed by atoms with Gasteiger partial charge in [0.1, 0.15) is 18.3 Å². The Hall–Kier alpha value is -4.15. The van der Waals surface area contributed by atoms with Gasteiger partial charge in [-0.3, -0.25) is 13.9 Å². The summed E-state index contributed by atoms with van der Waals surface area (Å²) in [6.07, 6.45) is 1.93. The maximum atomic E-state index is 14.6. The lowest BCUT2D eigenvalue weighted by atomic mass is 10.0. The molecule has 1 unspecified atom stereocenters. The number of halogens is 1. The van der Waals surface area contributed by atoms with Crippen LogP contribution in [0.4, 0.5) is 5.69 Å². The van der Waals surface area contributed by atoms with E-state index < -0.39 is 28.5 Å². The Bertz CT molecular complexity index is 1720. The zero-order valence-electron chi connectivity index (χ0n) is 26.4. The number of nitrogens with one attached hydrogen (secondary N) is 1. The molecule has 0 aliphatic carbocycles. The first-order valence-corrected chi connectivity index (χ1v) is 17.4. The monoisotopic (exact) mass is 705 g/mol. The van der Waals surface area contributed by atoms with E-state index in [1.54, 1.807) is 49.6 Å². The molecule has 0 aromatic heterocycles. The summed E-state index contributed by atoms with van der Waals surface area (Å²) in [6, 6.07) is 29.2. The van der Waals surface area contributed by atoms with Crippen molar-refractivity contribution in [2.24, 2.45) is 0 Å². The van der Waals surface area contributed by atoms with E-state index in [0.29, 0.717) is 22.5 Å². The van der Waals surface area contributed by atoms with Gasteiger partial charge in [-0.15, -0.1) is 0 Å². The van der Waals surface area contributed by atoms with Crippen molar-refractivity contribution in [2.45, 2.75) is 50.6 Å². The molecule has 0 fully saturated rings. The maximum absolute atomic E-state index is 14.6. The molecule has 0 saturated carbocycles. The first kappa shape index (κ1) is 34.7. The molecule has 4 rings (SSSR count). The lowest BCUT2D eigenvalue weighted by Crippen LogP contribution is -2.53.